The predicted octanol–water partition coefficient (Wildman–Crippen LogP) is 3.35. The van der Waals surface area contributed by atoms with Crippen LogP contribution in [0, 0.1) is 11.8 Å². The van der Waals surface area contributed by atoms with E-state index in [1.807, 2.05) is 24.3 Å². The van der Waals surface area contributed by atoms with Crippen molar-refractivity contribution < 1.29 is 5.11 Å². The zero-order valence-electron chi connectivity index (χ0n) is 9.77. The van der Waals surface area contributed by atoms with Gasteiger partial charge in [0.1, 0.15) is 5.75 Å². The van der Waals surface area contributed by atoms with Gasteiger partial charge in [0.15, 0.2) is 0 Å². The van der Waals surface area contributed by atoms with E-state index in [2.05, 4.69) is 24.8 Å². The molecule has 0 spiro atoms. The monoisotopic (exact) mass is 222 g/mol. The second kappa shape index (κ2) is 5.23. The molecule has 0 aliphatic rings. The molecule has 0 amide bonds. The number of hydrogen-bond acceptors (Lipinski definition) is 1. The first-order chi connectivity index (χ1) is 8.29. The molecule has 0 saturated carbocycles. The van der Waals surface area contributed by atoms with Crippen molar-refractivity contribution in [1.29, 1.82) is 0 Å². The molecule has 0 aliphatic carbocycles. The van der Waals surface area contributed by atoms with Crippen molar-refractivity contribution in [3.05, 3.63) is 65.2 Å². The van der Waals surface area contributed by atoms with Gasteiger partial charge in [-0.25, -0.2) is 0 Å². The Hall–Kier alpha value is -2.20. The first-order valence-corrected chi connectivity index (χ1v) is 5.68. The Bertz CT molecular complexity index is 573. The Kier molecular flexibility index (Phi) is 3.47. The zero-order chi connectivity index (χ0) is 12.1. The average Bonchev–Trinajstić information content (AvgIpc) is 2.37. The van der Waals surface area contributed by atoms with Crippen LogP contribution in [0.25, 0.3) is 0 Å². The SMILES string of the molecule is CCc1ccccc1C#Cc1cccc(O)c1. The third-order valence-corrected chi connectivity index (χ3v) is 2.59. The molecule has 1 nitrogen and oxygen atoms in total. The summed E-state index contributed by atoms with van der Waals surface area (Å²) in [6.45, 7) is 2.12. The second-order valence-electron chi connectivity index (χ2n) is 3.81. The fourth-order valence-electron chi connectivity index (χ4n) is 1.67. The van der Waals surface area contributed by atoms with Crippen LogP contribution in [0.15, 0.2) is 48.5 Å². The highest BCUT2D eigenvalue weighted by Gasteiger charge is 1.95. The minimum absolute atomic E-state index is 0.251. The molecule has 2 aromatic carbocycles. The molecular weight excluding hydrogens is 208 g/mol. The highest BCUT2D eigenvalue weighted by Crippen LogP contribution is 2.11. The first-order valence-electron chi connectivity index (χ1n) is 5.68. The molecule has 0 heterocycles. The summed E-state index contributed by atoms with van der Waals surface area (Å²) in [6, 6.07) is 15.1. The highest BCUT2D eigenvalue weighted by atomic mass is 16.3. The van der Waals surface area contributed by atoms with E-state index >= 15 is 0 Å². The number of aryl methyl sites for hydroxylation is 1. The molecule has 0 saturated heterocycles. The molecule has 0 radical (unpaired) electrons. The van der Waals surface area contributed by atoms with Crippen molar-refractivity contribution in [3.8, 4) is 17.6 Å². The topological polar surface area (TPSA) is 20.2 Å². The van der Waals surface area contributed by atoms with E-state index in [9.17, 15) is 5.11 Å². The summed E-state index contributed by atoms with van der Waals surface area (Å²) < 4.78 is 0. The molecule has 1 N–H and O–H groups in total. The van der Waals surface area contributed by atoms with Crippen molar-refractivity contribution in [1.82, 2.24) is 0 Å². The average molecular weight is 222 g/mol. The van der Waals surface area contributed by atoms with Crippen LogP contribution in [0.1, 0.15) is 23.6 Å². The number of rotatable bonds is 1. The molecule has 17 heavy (non-hydrogen) atoms. The molecule has 0 aromatic heterocycles. The minimum atomic E-state index is 0.251. The Morgan fingerprint density at radius 3 is 2.59 bits per heavy atom. The normalized spacial score (nSPS) is 9.47. The van der Waals surface area contributed by atoms with Crippen LogP contribution in [0.5, 0.6) is 5.75 Å². The molecule has 0 unspecified atom stereocenters. The summed E-state index contributed by atoms with van der Waals surface area (Å²) in [5, 5.41) is 9.34. The summed E-state index contributed by atoms with van der Waals surface area (Å²) in [5.41, 5.74) is 3.13. The second-order valence-corrected chi connectivity index (χ2v) is 3.81. The molecule has 0 bridgehead atoms. The molecule has 84 valence electrons. The third kappa shape index (κ3) is 2.89. The van der Waals surface area contributed by atoms with Gasteiger partial charge in [-0.2, -0.15) is 0 Å². The van der Waals surface area contributed by atoms with Crippen LogP contribution in [-0.2, 0) is 6.42 Å². The smallest absolute Gasteiger partial charge is 0.116 e. The van der Waals surface area contributed by atoms with E-state index in [0.29, 0.717) is 0 Å². The lowest BCUT2D eigenvalue weighted by molar-refractivity contribution is 0.475. The number of phenols is 1. The van der Waals surface area contributed by atoms with Crippen LogP contribution < -0.4 is 0 Å². The molecule has 0 atom stereocenters. The Morgan fingerprint density at radius 1 is 1.00 bits per heavy atom. The van der Waals surface area contributed by atoms with Gasteiger partial charge in [-0.05, 0) is 36.2 Å². The molecule has 2 aromatic rings. The summed E-state index contributed by atoms with van der Waals surface area (Å²) in [4.78, 5) is 0. The first kappa shape index (κ1) is 11.3. The number of phenolic OH excluding ortho intramolecular Hbond substituents is 1. The van der Waals surface area contributed by atoms with Crippen LogP contribution in [0.4, 0.5) is 0 Å². The van der Waals surface area contributed by atoms with Gasteiger partial charge in [-0.3, -0.25) is 0 Å². The van der Waals surface area contributed by atoms with Gasteiger partial charge in [0, 0.05) is 11.1 Å². The Morgan fingerprint density at radius 2 is 1.82 bits per heavy atom. The maximum absolute atomic E-state index is 9.34. The van der Waals surface area contributed by atoms with Crippen molar-refractivity contribution in [2.24, 2.45) is 0 Å². The Balaban J connectivity index is 2.33. The quantitative estimate of drug-likeness (QED) is 0.733. The van der Waals surface area contributed by atoms with E-state index in [4.69, 9.17) is 0 Å². The van der Waals surface area contributed by atoms with Gasteiger partial charge in [-0.1, -0.05) is 43.0 Å². The largest absolute Gasteiger partial charge is 0.508 e. The number of aromatic hydroxyl groups is 1. The fourth-order valence-corrected chi connectivity index (χ4v) is 1.67. The van der Waals surface area contributed by atoms with Gasteiger partial charge in [0.05, 0.1) is 0 Å². The molecule has 1 heteroatoms. The third-order valence-electron chi connectivity index (χ3n) is 2.59. The van der Waals surface area contributed by atoms with Crippen molar-refractivity contribution in [2.45, 2.75) is 13.3 Å². The van der Waals surface area contributed by atoms with Crippen LogP contribution in [-0.4, -0.2) is 5.11 Å². The van der Waals surface area contributed by atoms with E-state index in [-0.39, 0.29) is 5.75 Å². The summed E-state index contributed by atoms with van der Waals surface area (Å²) >= 11 is 0. The predicted molar refractivity (Wildman–Crippen MR) is 69.9 cm³/mol. The van der Waals surface area contributed by atoms with Crippen LogP contribution in [0.3, 0.4) is 0 Å². The maximum Gasteiger partial charge on any atom is 0.116 e. The lowest BCUT2D eigenvalue weighted by atomic mass is 10.1. The Labute approximate surface area is 102 Å². The van der Waals surface area contributed by atoms with Gasteiger partial charge in [-0.15, -0.1) is 0 Å². The standard InChI is InChI=1S/C16H14O/c1-2-14-7-3-4-8-15(14)11-10-13-6-5-9-16(17)12-13/h3-9,12,17H,2H2,1H3. The molecular formula is C16H14O. The van der Waals surface area contributed by atoms with Crippen molar-refractivity contribution in [3.63, 3.8) is 0 Å². The van der Waals surface area contributed by atoms with Crippen molar-refractivity contribution in [2.75, 3.05) is 0 Å². The number of benzene rings is 2. The maximum atomic E-state index is 9.34. The van der Waals surface area contributed by atoms with E-state index in [1.54, 1.807) is 18.2 Å². The van der Waals surface area contributed by atoms with Crippen molar-refractivity contribution >= 4 is 0 Å². The van der Waals surface area contributed by atoms with Crippen LogP contribution in [0.2, 0.25) is 0 Å². The molecule has 0 aliphatic heterocycles. The minimum Gasteiger partial charge on any atom is -0.508 e. The summed E-state index contributed by atoms with van der Waals surface area (Å²) in [7, 11) is 0. The summed E-state index contributed by atoms with van der Waals surface area (Å²) in [6.07, 6.45) is 0.977. The number of hydrogen-bond donors (Lipinski definition) is 1. The lowest BCUT2D eigenvalue weighted by Gasteiger charge is -1.99. The lowest BCUT2D eigenvalue weighted by Crippen LogP contribution is -1.85. The van der Waals surface area contributed by atoms with Gasteiger partial charge < -0.3 is 5.11 Å². The highest BCUT2D eigenvalue weighted by molar-refractivity contribution is 5.47. The van der Waals surface area contributed by atoms with Gasteiger partial charge in [0.25, 0.3) is 0 Å². The summed E-state index contributed by atoms with van der Waals surface area (Å²) in [5.74, 6) is 6.46. The van der Waals surface area contributed by atoms with Gasteiger partial charge >= 0.3 is 0 Å². The molecule has 0 fully saturated rings. The van der Waals surface area contributed by atoms with E-state index < -0.39 is 0 Å². The fraction of sp³-hybridized carbons (Fsp3) is 0.125. The van der Waals surface area contributed by atoms with Gasteiger partial charge in [0.2, 0.25) is 0 Å². The van der Waals surface area contributed by atoms with E-state index in [0.717, 1.165) is 17.5 Å². The van der Waals surface area contributed by atoms with Crippen LogP contribution >= 0.6 is 0 Å². The molecule has 2 rings (SSSR count). The van der Waals surface area contributed by atoms with E-state index in [1.165, 1.54) is 5.56 Å². The zero-order valence-corrected chi connectivity index (χ0v) is 9.77.